The summed E-state index contributed by atoms with van der Waals surface area (Å²) in [4.78, 5) is 30.9. The van der Waals surface area contributed by atoms with Gasteiger partial charge >= 0.3 is 5.97 Å². The highest BCUT2D eigenvalue weighted by Gasteiger charge is 2.35. The van der Waals surface area contributed by atoms with E-state index in [-0.39, 0.29) is 23.6 Å². The molecule has 0 spiro atoms. The first-order chi connectivity index (χ1) is 17.0. The Labute approximate surface area is 203 Å². The van der Waals surface area contributed by atoms with Gasteiger partial charge in [-0.05, 0) is 73.5 Å². The Kier molecular flexibility index (Phi) is 6.92. The zero-order valence-corrected chi connectivity index (χ0v) is 20.3. The fourth-order valence-corrected chi connectivity index (χ4v) is 5.22. The van der Waals surface area contributed by atoms with Crippen LogP contribution in [0.15, 0.2) is 29.1 Å². The van der Waals surface area contributed by atoms with Gasteiger partial charge in [-0.25, -0.2) is 4.68 Å². The second-order valence-corrected chi connectivity index (χ2v) is 9.46. The van der Waals surface area contributed by atoms with Crippen molar-refractivity contribution in [1.29, 1.82) is 0 Å². The number of hydrogen-bond donors (Lipinski definition) is 1. The van der Waals surface area contributed by atoms with E-state index in [1.807, 2.05) is 32.0 Å². The summed E-state index contributed by atoms with van der Waals surface area (Å²) in [6.07, 6.45) is 3.37. The number of piperidine rings is 1. The Bertz CT molecular complexity index is 1240. The molecule has 0 saturated carbocycles. The van der Waals surface area contributed by atoms with Crippen LogP contribution in [0.25, 0.3) is 10.9 Å². The van der Waals surface area contributed by atoms with Crippen LogP contribution < -0.4 is 5.56 Å². The molecule has 1 aromatic carbocycles. The van der Waals surface area contributed by atoms with Crippen molar-refractivity contribution in [2.45, 2.75) is 58.2 Å². The Morgan fingerprint density at radius 3 is 2.83 bits per heavy atom. The van der Waals surface area contributed by atoms with Gasteiger partial charge in [0.25, 0.3) is 5.56 Å². The highest BCUT2D eigenvalue weighted by atomic mass is 16.5. The summed E-state index contributed by atoms with van der Waals surface area (Å²) in [5, 5.41) is 13.6. The number of H-pyrrole nitrogens is 1. The van der Waals surface area contributed by atoms with E-state index in [9.17, 15) is 9.59 Å². The summed E-state index contributed by atoms with van der Waals surface area (Å²) in [7, 11) is 0. The fraction of sp³-hybridized carbons (Fsp3) is 0.560. The number of tetrazole rings is 1. The van der Waals surface area contributed by atoms with Crippen molar-refractivity contribution >= 4 is 16.9 Å². The number of likely N-dealkylation sites (tertiary alicyclic amines) is 1. The predicted molar refractivity (Wildman–Crippen MR) is 129 cm³/mol. The summed E-state index contributed by atoms with van der Waals surface area (Å²) >= 11 is 0. The van der Waals surface area contributed by atoms with Crippen LogP contribution in [-0.2, 0) is 20.8 Å². The number of fused-ring (bicyclic) bond motifs is 1. The zero-order chi connectivity index (χ0) is 24.4. The van der Waals surface area contributed by atoms with Crippen molar-refractivity contribution < 1.29 is 14.3 Å². The molecule has 10 heteroatoms. The monoisotopic (exact) mass is 480 g/mol. The van der Waals surface area contributed by atoms with E-state index in [4.69, 9.17) is 9.47 Å². The lowest BCUT2D eigenvalue weighted by Crippen LogP contribution is -2.42. The number of hydrogen-bond acceptors (Lipinski definition) is 8. The molecular weight excluding hydrogens is 448 g/mol. The lowest BCUT2D eigenvalue weighted by molar-refractivity contribution is -0.149. The molecule has 2 aliphatic heterocycles. The van der Waals surface area contributed by atoms with Gasteiger partial charge in [0.2, 0.25) is 0 Å². The van der Waals surface area contributed by atoms with Crippen LogP contribution in [0.5, 0.6) is 0 Å². The van der Waals surface area contributed by atoms with Crippen molar-refractivity contribution in [3.63, 3.8) is 0 Å². The number of aromatic nitrogens is 5. The van der Waals surface area contributed by atoms with Crippen molar-refractivity contribution in [2.24, 2.45) is 5.92 Å². The first kappa shape index (κ1) is 23.6. The first-order valence-electron chi connectivity index (χ1n) is 12.5. The van der Waals surface area contributed by atoms with Crippen LogP contribution in [0.1, 0.15) is 55.6 Å². The highest BCUT2D eigenvalue weighted by molar-refractivity contribution is 5.79. The first-order valence-corrected chi connectivity index (χ1v) is 12.5. The van der Waals surface area contributed by atoms with E-state index in [2.05, 4.69) is 31.5 Å². The van der Waals surface area contributed by atoms with Gasteiger partial charge in [-0.3, -0.25) is 14.5 Å². The number of esters is 1. The molecule has 5 rings (SSSR count). The number of carbonyl (C=O) groups excluding carboxylic acids is 1. The quantitative estimate of drug-likeness (QED) is 0.513. The number of aryl methyl sites for hydroxylation is 1. The van der Waals surface area contributed by atoms with E-state index in [0.29, 0.717) is 50.5 Å². The predicted octanol–water partition coefficient (Wildman–Crippen LogP) is 2.37. The van der Waals surface area contributed by atoms with Crippen molar-refractivity contribution in [2.75, 3.05) is 26.3 Å². The molecule has 2 unspecified atom stereocenters. The Balaban J connectivity index is 1.52. The number of nitrogens with one attached hydrogen (secondary N) is 1. The molecule has 4 heterocycles. The van der Waals surface area contributed by atoms with Crippen molar-refractivity contribution in [3.05, 3.63) is 51.6 Å². The Morgan fingerprint density at radius 2 is 2.09 bits per heavy atom. The number of rotatable bonds is 7. The SMILES string of the molecule is CCOC(=O)C1CCN(C(c2cc3cc(C)ccc3[nH]c2=O)c2nnnn2CC2CCCO2)CC1. The van der Waals surface area contributed by atoms with Gasteiger partial charge in [0.15, 0.2) is 5.82 Å². The minimum atomic E-state index is -0.441. The van der Waals surface area contributed by atoms with Crippen LogP contribution in [0, 0.1) is 12.8 Å². The standard InChI is InChI=1S/C25H32N6O4/c1-3-34-25(33)17-8-10-30(11-9-17)22(23-27-28-29-31(23)15-19-5-4-12-35-19)20-14-18-13-16(2)6-7-21(18)26-24(20)32/h6-7,13-14,17,19,22H,3-5,8-12,15H2,1-2H3,(H,26,32). The second-order valence-electron chi connectivity index (χ2n) is 9.46. The van der Waals surface area contributed by atoms with Crippen LogP contribution in [0.2, 0.25) is 0 Å². The molecule has 10 nitrogen and oxygen atoms in total. The molecule has 0 bridgehead atoms. The molecule has 186 valence electrons. The lowest BCUT2D eigenvalue weighted by Gasteiger charge is -2.36. The molecule has 0 aliphatic carbocycles. The molecule has 0 amide bonds. The normalized spacial score (nSPS) is 20.3. The number of ether oxygens (including phenoxy) is 2. The molecule has 2 aromatic heterocycles. The van der Waals surface area contributed by atoms with Crippen LogP contribution >= 0.6 is 0 Å². The molecule has 2 aliphatic rings. The van der Waals surface area contributed by atoms with Crippen LogP contribution in [0.4, 0.5) is 0 Å². The average molecular weight is 481 g/mol. The van der Waals surface area contributed by atoms with Crippen molar-refractivity contribution in [3.8, 4) is 0 Å². The smallest absolute Gasteiger partial charge is 0.309 e. The van der Waals surface area contributed by atoms with E-state index < -0.39 is 6.04 Å². The van der Waals surface area contributed by atoms with Gasteiger partial charge in [0, 0.05) is 30.8 Å². The molecule has 35 heavy (non-hydrogen) atoms. The maximum absolute atomic E-state index is 13.4. The average Bonchev–Trinajstić information content (AvgIpc) is 3.53. The maximum atomic E-state index is 13.4. The lowest BCUT2D eigenvalue weighted by atomic mass is 9.93. The number of aromatic amines is 1. The molecule has 2 atom stereocenters. The minimum absolute atomic E-state index is 0.0602. The third kappa shape index (κ3) is 4.99. The summed E-state index contributed by atoms with van der Waals surface area (Å²) in [6, 6.07) is 7.49. The number of carbonyl (C=O) groups is 1. The van der Waals surface area contributed by atoms with Gasteiger partial charge in [-0.1, -0.05) is 11.6 Å². The van der Waals surface area contributed by atoms with Crippen molar-refractivity contribution in [1.82, 2.24) is 30.1 Å². The summed E-state index contributed by atoms with van der Waals surface area (Å²) in [6.45, 7) is 6.79. The van der Waals surface area contributed by atoms with Gasteiger partial charge in [-0.15, -0.1) is 5.10 Å². The summed E-state index contributed by atoms with van der Waals surface area (Å²) in [5.74, 6) is 0.339. The molecule has 2 saturated heterocycles. The van der Waals surface area contributed by atoms with E-state index in [1.165, 1.54) is 0 Å². The molecule has 3 aromatic rings. The third-order valence-electron chi connectivity index (χ3n) is 7.04. The maximum Gasteiger partial charge on any atom is 0.309 e. The molecule has 0 radical (unpaired) electrons. The fourth-order valence-electron chi connectivity index (χ4n) is 5.22. The van der Waals surface area contributed by atoms with Gasteiger partial charge in [-0.2, -0.15) is 0 Å². The molecule has 2 fully saturated rings. The van der Waals surface area contributed by atoms with Crippen LogP contribution in [0.3, 0.4) is 0 Å². The summed E-state index contributed by atoms with van der Waals surface area (Å²) in [5.41, 5.74) is 2.35. The number of pyridine rings is 1. The Morgan fingerprint density at radius 1 is 1.26 bits per heavy atom. The third-order valence-corrected chi connectivity index (χ3v) is 7.04. The second kappa shape index (κ2) is 10.2. The van der Waals surface area contributed by atoms with Gasteiger partial charge < -0.3 is 14.5 Å². The molecule has 1 N–H and O–H groups in total. The van der Waals surface area contributed by atoms with Crippen LogP contribution in [-0.4, -0.2) is 68.5 Å². The van der Waals surface area contributed by atoms with E-state index in [0.717, 1.165) is 35.9 Å². The van der Waals surface area contributed by atoms with Gasteiger partial charge in [0.05, 0.1) is 25.2 Å². The highest BCUT2D eigenvalue weighted by Crippen LogP contribution is 2.32. The van der Waals surface area contributed by atoms with E-state index >= 15 is 0 Å². The minimum Gasteiger partial charge on any atom is -0.466 e. The van der Waals surface area contributed by atoms with Gasteiger partial charge in [0.1, 0.15) is 6.04 Å². The van der Waals surface area contributed by atoms with E-state index in [1.54, 1.807) is 4.68 Å². The largest absolute Gasteiger partial charge is 0.466 e. The number of nitrogens with zero attached hydrogens (tertiary/aromatic N) is 5. The summed E-state index contributed by atoms with van der Waals surface area (Å²) < 4.78 is 12.8. The topological polar surface area (TPSA) is 115 Å². The molecular formula is C25H32N6O4. The zero-order valence-electron chi connectivity index (χ0n) is 20.3. The number of benzene rings is 1. The Hall–Kier alpha value is -3.11.